The first kappa shape index (κ1) is 20.8. The van der Waals surface area contributed by atoms with E-state index in [1.165, 1.54) is 0 Å². The zero-order valence-electron chi connectivity index (χ0n) is 18.3. The monoisotopic (exact) mass is 494 g/mol. The van der Waals surface area contributed by atoms with Gasteiger partial charge >= 0.3 is 6.09 Å². The van der Waals surface area contributed by atoms with E-state index in [1.807, 2.05) is 70.2 Å². The van der Waals surface area contributed by atoms with Crippen LogP contribution in [0.1, 0.15) is 54.8 Å². The highest BCUT2D eigenvalue weighted by Gasteiger charge is 2.35. The summed E-state index contributed by atoms with van der Waals surface area (Å²) in [4.78, 5) is 13.2. The lowest BCUT2D eigenvalue weighted by Gasteiger charge is -2.21. The van der Waals surface area contributed by atoms with Crippen molar-refractivity contribution in [3.05, 3.63) is 81.3 Å². The van der Waals surface area contributed by atoms with E-state index in [9.17, 15) is 4.79 Å². The molecule has 4 aromatic rings. The van der Waals surface area contributed by atoms with Crippen molar-refractivity contribution in [2.45, 2.75) is 45.8 Å². The molecule has 0 aliphatic carbocycles. The summed E-state index contributed by atoms with van der Waals surface area (Å²) in [5, 5.41) is 5.33. The Kier molecular flexibility index (Phi) is 4.89. The standard InChI is InChI=1S/C25H23BrN2O4/c1-14-21(17-7-5-6-8-19(17)28(14)24(29)32-25(2,3)4)22-18-11-16(26)9-10-20(18)30-12-15-13-31-27-23(15)22/h5-11,13,22H,12H2,1-4H3. The lowest BCUT2D eigenvalue weighted by Crippen LogP contribution is -2.27. The molecule has 6 nitrogen and oxygen atoms in total. The molecule has 1 aliphatic rings. The van der Waals surface area contributed by atoms with Crippen LogP contribution in [0.3, 0.4) is 0 Å². The van der Waals surface area contributed by atoms with E-state index < -0.39 is 11.7 Å². The smallest absolute Gasteiger partial charge is 0.419 e. The summed E-state index contributed by atoms with van der Waals surface area (Å²) >= 11 is 3.60. The number of halogens is 1. The van der Waals surface area contributed by atoms with Gasteiger partial charge in [0.1, 0.15) is 29.9 Å². The van der Waals surface area contributed by atoms with Crippen molar-refractivity contribution in [3.8, 4) is 5.75 Å². The summed E-state index contributed by atoms with van der Waals surface area (Å²) in [6.07, 6.45) is 1.23. The summed E-state index contributed by atoms with van der Waals surface area (Å²) in [7, 11) is 0. The SMILES string of the molecule is Cc1c(C2c3cc(Br)ccc3OCc3conc32)c2ccccc2n1C(=O)OC(C)(C)C. The first-order chi connectivity index (χ1) is 15.2. The second kappa shape index (κ2) is 7.52. The normalized spacial score (nSPS) is 15.6. The first-order valence-corrected chi connectivity index (χ1v) is 11.2. The molecule has 1 unspecified atom stereocenters. The highest BCUT2D eigenvalue weighted by atomic mass is 79.9. The van der Waals surface area contributed by atoms with Gasteiger partial charge in [0.05, 0.1) is 17.0 Å². The molecule has 164 valence electrons. The quantitative estimate of drug-likeness (QED) is 0.299. The highest BCUT2D eigenvalue weighted by Crippen LogP contribution is 2.46. The molecule has 0 spiro atoms. The van der Waals surface area contributed by atoms with Crippen molar-refractivity contribution in [1.29, 1.82) is 0 Å². The van der Waals surface area contributed by atoms with Crippen LogP contribution < -0.4 is 4.74 Å². The molecule has 3 heterocycles. The number of carbonyl (C=O) groups excluding carboxylic acids is 1. The van der Waals surface area contributed by atoms with E-state index >= 15 is 0 Å². The van der Waals surface area contributed by atoms with E-state index in [-0.39, 0.29) is 5.92 Å². The van der Waals surface area contributed by atoms with E-state index in [4.69, 9.17) is 14.0 Å². The van der Waals surface area contributed by atoms with Crippen LogP contribution in [0.15, 0.2) is 57.7 Å². The number of ether oxygens (including phenoxy) is 2. The van der Waals surface area contributed by atoms with Crippen LogP contribution in [0.2, 0.25) is 0 Å². The fraction of sp³-hybridized carbons (Fsp3) is 0.280. The molecular weight excluding hydrogens is 472 g/mol. The molecule has 0 saturated carbocycles. The molecule has 0 bridgehead atoms. The molecule has 0 fully saturated rings. The van der Waals surface area contributed by atoms with Gasteiger partial charge in [0.25, 0.3) is 0 Å². The number of nitrogens with zero attached hydrogens (tertiary/aromatic N) is 2. The number of aromatic nitrogens is 2. The number of rotatable bonds is 1. The van der Waals surface area contributed by atoms with Crippen molar-refractivity contribution in [3.63, 3.8) is 0 Å². The van der Waals surface area contributed by atoms with E-state index in [0.717, 1.165) is 49.2 Å². The largest absolute Gasteiger partial charge is 0.488 e. The Balaban J connectivity index is 1.81. The molecule has 32 heavy (non-hydrogen) atoms. The molecule has 2 aromatic heterocycles. The van der Waals surface area contributed by atoms with Gasteiger partial charge in [0, 0.05) is 21.1 Å². The van der Waals surface area contributed by atoms with Gasteiger partial charge < -0.3 is 14.0 Å². The third-order valence-electron chi connectivity index (χ3n) is 5.64. The maximum atomic E-state index is 13.2. The van der Waals surface area contributed by atoms with Crippen molar-refractivity contribution in [2.75, 3.05) is 0 Å². The lowest BCUT2D eigenvalue weighted by molar-refractivity contribution is 0.0541. The third-order valence-corrected chi connectivity index (χ3v) is 6.13. The first-order valence-electron chi connectivity index (χ1n) is 10.4. The summed E-state index contributed by atoms with van der Waals surface area (Å²) in [6.45, 7) is 7.91. The predicted octanol–water partition coefficient (Wildman–Crippen LogP) is 6.56. The van der Waals surface area contributed by atoms with Gasteiger partial charge in [0.15, 0.2) is 0 Å². The molecule has 7 heteroatoms. The van der Waals surface area contributed by atoms with E-state index in [1.54, 1.807) is 10.8 Å². The number of fused-ring (bicyclic) bond motifs is 3. The van der Waals surface area contributed by atoms with Crippen LogP contribution >= 0.6 is 15.9 Å². The molecule has 0 amide bonds. The average molecular weight is 495 g/mol. The molecular formula is C25H23BrN2O4. The lowest BCUT2D eigenvalue weighted by atomic mass is 9.85. The Morgan fingerprint density at radius 3 is 2.78 bits per heavy atom. The van der Waals surface area contributed by atoms with Crippen molar-refractivity contribution < 1.29 is 18.8 Å². The number of hydrogen-bond donors (Lipinski definition) is 0. The molecule has 5 rings (SSSR count). The van der Waals surface area contributed by atoms with Crippen LogP contribution in [0.4, 0.5) is 4.79 Å². The zero-order chi connectivity index (χ0) is 22.6. The van der Waals surface area contributed by atoms with Crippen molar-refractivity contribution in [1.82, 2.24) is 9.72 Å². The number of carbonyl (C=O) groups is 1. The summed E-state index contributed by atoms with van der Waals surface area (Å²) in [5.74, 6) is 0.511. The van der Waals surface area contributed by atoms with Crippen LogP contribution in [0.5, 0.6) is 5.75 Å². The van der Waals surface area contributed by atoms with Gasteiger partial charge in [-0.15, -0.1) is 0 Å². The van der Waals surface area contributed by atoms with Gasteiger partial charge in [0.2, 0.25) is 0 Å². The Morgan fingerprint density at radius 2 is 2.00 bits per heavy atom. The predicted molar refractivity (Wildman–Crippen MR) is 124 cm³/mol. The Bertz CT molecular complexity index is 1350. The molecule has 0 N–H and O–H groups in total. The average Bonchev–Trinajstić information content (AvgIpc) is 3.25. The van der Waals surface area contributed by atoms with E-state index in [0.29, 0.717) is 6.61 Å². The minimum Gasteiger partial charge on any atom is -0.488 e. The Hall–Kier alpha value is -3.06. The fourth-order valence-corrected chi connectivity index (χ4v) is 4.76. The van der Waals surface area contributed by atoms with Gasteiger partial charge in [-0.1, -0.05) is 39.3 Å². The summed E-state index contributed by atoms with van der Waals surface area (Å²) in [5.41, 5.74) is 4.59. The highest BCUT2D eigenvalue weighted by molar-refractivity contribution is 9.10. The van der Waals surface area contributed by atoms with Gasteiger partial charge in [-0.2, -0.15) is 0 Å². The number of para-hydroxylation sites is 1. The minimum absolute atomic E-state index is 0.271. The Morgan fingerprint density at radius 1 is 1.22 bits per heavy atom. The second-order valence-electron chi connectivity index (χ2n) is 8.96. The Labute approximate surface area is 194 Å². The van der Waals surface area contributed by atoms with Crippen LogP contribution in [-0.4, -0.2) is 21.4 Å². The molecule has 1 atom stereocenters. The van der Waals surface area contributed by atoms with Gasteiger partial charge in [-0.3, -0.25) is 0 Å². The van der Waals surface area contributed by atoms with Crippen molar-refractivity contribution in [2.24, 2.45) is 0 Å². The molecule has 1 aliphatic heterocycles. The van der Waals surface area contributed by atoms with Gasteiger partial charge in [-0.05, 0) is 57.5 Å². The van der Waals surface area contributed by atoms with Crippen LogP contribution in [0, 0.1) is 6.92 Å². The molecule has 0 radical (unpaired) electrons. The zero-order valence-corrected chi connectivity index (χ0v) is 19.9. The number of benzene rings is 2. The second-order valence-corrected chi connectivity index (χ2v) is 9.88. The topological polar surface area (TPSA) is 66.5 Å². The summed E-state index contributed by atoms with van der Waals surface area (Å²) in [6, 6.07) is 13.8. The van der Waals surface area contributed by atoms with Gasteiger partial charge in [-0.25, -0.2) is 9.36 Å². The van der Waals surface area contributed by atoms with Crippen LogP contribution in [0.25, 0.3) is 10.9 Å². The third kappa shape index (κ3) is 3.41. The minimum atomic E-state index is -0.609. The number of hydrogen-bond acceptors (Lipinski definition) is 5. The van der Waals surface area contributed by atoms with E-state index in [2.05, 4.69) is 21.1 Å². The maximum Gasteiger partial charge on any atom is 0.419 e. The molecule has 0 saturated heterocycles. The molecule has 2 aromatic carbocycles. The fourth-order valence-electron chi connectivity index (χ4n) is 4.38. The maximum absolute atomic E-state index is 13.2. The summed E-state index contributed by atoms with van der Waals surface area (Å²) < 4.78 is 19.8. The van der Waals surface area contributed by atoms with Crippen LogP contribution in [-0.2, 0) is 11.3 Å². The van der Waals surface area contributed by atoms with Crippen molar-refractivity contribution >= 4 is 32.9 Å².